The molecule has 23 heavy (non-hydrogen) atoms. The molecule has 0 bridgehead atoms. The van der Waals surface area contributed by atoms with E-state index >= 15 is 0 Å². The molecule has 2 N–H and O–H groups in total. The van der Waals surface area contributed by atoms with Gasteiger partial charge in [-0.05, 0) is 42.5 Å². The van der Waals surface area contributed by atoms with E-state index in [1.165, 1.54) is 24.3 Å². The first-order valence-electron chi connectivity index (χ1n) is 6.66. The van der Waals surface area contributed by atoms with Crippen molar-refractivity contribution in [2.24, 2.45) is 10.2 Å². The normalized spacial score (nSPS) is 10.8. The summed E-state index contributed by atoms with van der Waals surface area (Å²) in [5, 5.41) is 21.9. The minimum atomic E-state index is -0.440. The number of aromatic nitrogens is 2. The number of benzene rings is 2. The van der Waals surface area contributed by atoms with Crippen LogP contribution in [0.1, 0.15) is 5.56 Å². The van der Waals surface area contributed by atoms with Crippen molar-refractivity contribution in [2.45, 2.75) is 0 Å². The van der Waals surface area contributed by atoms with Gasteiger partial charge in [0.15, 0.2) is 5.69 Å². The van der Waals surface area contributed by atoms with Crippen LogP contribution < -0.4 is 5.56 Å². The van der Waals surface area contributed by atoms with Crippen molar-refractivity contribution in [3.8, 4) is 17.3 Å². The van der Waals surface area contributed by atoms with Gasteiger partial charge in [-0.15, -0.1) is 5.11 Å². The van der Waals surface area contributed by atoms with Gasteiger partial charge in [0.25, 0.3) is 5.56 Å². The highest BCUT2D eigenvalue weighted by atomic mass is 19.1. The van der Waals surface area contributed by atoms with Crippen LogP contribution in [-0.4, -0.2) is 10.2 Å². The Morgan fingerprint density at radius 2 is 1.83 bits per heavy atom. The summed E-state index contributed by atoms with van der Waals surface area (Å²) in [4.78, 5) is 11.9. The Hall–Kier alpha value is -3.53. The monoisotopic (exact) mass is 307 g/mol. The Morgan fingerprint density at radius 1 is 1.04 bits per heavy atom. The summed E-state index contributed by atoms with van der Waals surface area (Å²) in [5.74, 6) is -0.372. The molecule has 0 fully saturated rings. The number of nitrogens with zero attached hydrogens (tertiary/aromatic N) is 3. The minimum absolute atomic E-state index is 0.0824. The molecule has 1 heterocycles. The maximum absolute atomic E-state index is 13.0. The molecule has 0 radical (unpaired) electrons. The SMILES string of the molecule is N#Cc1cccc(N=Nc2c(-c3ccc(F)cc3)[nH][nH]c2=O)c1. The zero-order valence-corrected chi connectivity index (χ0v) is 11.7. The van der Waals surface area contributed by atoms with Crippen molar-refractivity contribution in [1.29, 1.82) is 5.26 Å². The van der Waals surface area contributed by atoms with Gasteiger partial charge in [-0.3, -0.25) is 15.0 Å². The van der Waals surface area contributed by atoms with E-state index in [1.54, 1.807) is 24.3 Å². The molecule has 0 saturated heterocycles. The Labute approximate surface area is 129 Å². The summed E-state index contributed by atoms with van der Waals surface area (Å²) in [6, 6.07) is 14.2. The van der Waals surface area contributed by atoms with Crippen LogP contribution in [0.2, 0.25) is 0 Å². The second kappa shape index (κ2) is 6.07. The smallest absolute Gasteiger partial charge is 0.292 e. The maximum Gasteiger partial charge on any atom is 0.292 e. The molecule has 0 aliphatic heterocycles. The second-order valence-corrected chi connectivity index (χ2v) is 4.67. The molecule has 6 nitrogen and oxygen atoms in total. The lowest BCUT2D eigenvalue weighted by atomic mass is 10.1. The lowest BCUT2D eigenvalue weighted by Crippen LogP contribution is -1.96. The molecule has 0 unspecified atom stereocenters. The minimum Gasteiger partial charge on any atom is -0.295 e. The summed E-state index contributed by atoms with van der Waals surface area (Å²) < 4.78 is 13.0. The highest BCUT2D eigenvalue weighted by Crippen LogP contribution is 2.26. The van der Waals surface area contributed by atoms with Crippen LogP contribution in [0.4, 0.5) is 15.8 Å². The summed E-state index contributed by atoms with van der Waals surface area (Å²) in [6.07, 6.45) is 0. The van der Waals surface area contributed by atoms with Crippen molar-refractivity contribution in [1.82, 2.24) is 10.2 Å². The highest BCUT2D eigenvalue weighted by molar-refractivity contribution is 5.71. The number of halogens is 1. The summed E-state index contributed by atoms with van der Waals surface area (Å²) in [6.45, 7) is 0. The van der Waals surface area contributed by atoms with Crippen LogP contribution in [0.5, 0.6) is 0 Å². The molecule has 0 aliphatic rings. The van der Waals surface area contributed by atoms with Crippen molar-refractivity contribution in [3.05, 3.63) is 70.3 Å². The molecule has 0 atom stereocenters. The fraction of sp³-hybridized carbons (Fsp3) is 0. The first-order chi connectivity index (χ1) is 11.2. The number of H-pyrrole nitrogens is 2. The van der Waals surface area contributed by atoms with Crippen LogP contribution in [0.3, 0.4) is 0 Å². The van der Waals surface area contributed by atoms with Crippen molar-refractivity contribution < 1.29 is 4.39 Å². The predicted molar refractivity (Wildman–Crippen MR) is 82.1 cm³/mol. The van der Waals surface area contributed by atoms with Gasteiger partial charge in [0.05, 0.1) is 23.0 Å². The van der Waals surface area contributed by atoms with Gasteiger partial charge in [-0.1, -0.05) is 6.07 Å². The van der Waals surface area contributed by atoms with Gasteiger partial charge in [0, 0.05) is 5.56 Å². The van der Waals surface area contributed by atoms with E-state index in [4.69, 9.17) is 5.26 Å². The highest BCUT2D eigenvalue weighted by Gasteiger charge is 2.11. The topological polar surface area (TPSA) is 97.2 Å². The van der Waals surface area contributed by atoms with Crippen molar-refractivity contribution in [2.75, 3.05) is 0 Å². The Bertz CT molecular complexity index is 963. The number of nitrogens with one attached hydrogen (secondary N) is 2. The molecule has 1 aromatic heterocycles. The number of nitriles is 1. The molecule has 112 valence electrons. The Morgan fingerprint density at radius 3 is 2.57 bits per heavy atom. The maximum atomic E-state index is 13.0. The standard InChI is InChI=1S/C16H10FN5O/c17-12-6-4-11(5-7-12)14-15(16(23)22-20-14)21-19-13-3-1-2-10(8-13)9-18/h1-8H,(H2,20,22,23). The molecule has 2 aromatic carbocycles. The molecule has 0 aliphatic carbocycles. The summed E-state index contributed by atoms with van der Waals surface area (Å²) in [7, 11) is 0. The van der Waals surface area contributed by atoms with Gasteiger partial charge in [0.1, 0.15) is 5.82 Å². The van der Waals surface area contributed by atoms with Gasteiger partial charge < -0.3 is 0 Å². The van der Waals surface area contributed by atoms with Crippen molar-refractivity contribution >= 4 is 11.4 Å². The average Bonchev–Trinajstić information content (AvgIpc) is 2.94. The molecule has 0 saturated carbocycles. The van der Waals surface area contributed by atoms with E-state index in [0.29, 0.717) is 22.5 Å². The first kappa shape index (κ1) is 14.4. The third kappa shape index (κ3) is 3.06. The van der Waals surface area contributed by atoms with Gasteiger partial charge in [-0.2, -0.15) is 10.4 Å². The van der Waals surface area contributed by atoms with E-state index in [9.17, 15) is 9.18 Å². The fourth-order valence-electron chi connectivity index (χ4n) is 2.02. The van der Waals surface area contributed by atoms with Crippen LogP contribution in [0.25, 0.3) is 11.3 Å². The lowest BCUT2D eigenvalue weighted by molar-refractivity contribution is 0.628. The van der Waals surface area contributed by atoms with E-state index in [2.05, 4.69) is 20.4 Å². The third-order valence-electron chi connectivity index (χ3n) is 3.13. The van der Waals surface area contributed by atoms with E-state index < -0.39 is 5.56 Å². The number of aromatic amines is 2. The van der Waals surface area contributed by atoms with E-state index in [1.807, 2.05) is 6.07 Å². The van der Waals surface area contributed by atoms with Gasteiger partial charge >= 0.3 is 0 Å². The van der Waals surface area contributed by atoms with E-state index in [-0.39, 0.29) is 11.5 Å². The zero-order chi connectivity index (χ0) is 16.2. The van der Waals surface area contributed by atoms with Gasteiger partial charge in [-0.25, -0.2) is 4.39 Å². The fourth-order valence-corrected chi connectivity index (χ4v) is 2.02. The second-order valence-electron chi connectivity index (χ2n) is 4.67. The predicted octanol–water partition coefficient (Wildman–Crippen LogP) is 3.80. The number of rotatable bonds is 3. The molecular formula is C16H10FN5O. The molecule has 0 amide bonds. The molecule has 3 aromatic rings. The number of azo groups is 1. The number of hydrogen-bond donors (Lipinski definition) is 2. The quantitative estimate of drug-likeness (QED) is 0.720. The molecular weight excluding hydrogens is 297 g/mol. The van der Waals surface area contributed by atoms with Crippen LogP contribution in [0, 0.1) is 17.1 Å². The third-order valence-corrected chi connectivity index (χ3v) is 3.13. The average molecular weight is 307 g/mol. The molecule has 7 heteroatoms. The zero-order valence-electron chi connectivity index (χ0n) is 11.7. The van der Waals surface area contributed by atoms with E-state index in [0.717, 1.165) is 0 Å². The van der Waals surface area contributed by atoms with Crippen LogP contribution in [0.15, 0.2) is 63.6 Å². The first-order valence-corrected chi connectivity index (χ1v) is 6.66. The van der Waals surface area contributed by atoms with Crippen LogP contribution in [-0.2, 0) is 0 Å². The van der Waals surface area contributed by atoms with Gasteiger partial charge in [0.2, 0.25) is 0 Å². The van der Waals surface area contributed by atoms with Crippen molar-refractivity contribution in [3.63, 3.8) is 0 Å². The lowest BCUT2D eigenvalue weighted by Gasteiger charge is -1.98. The summed E-state index contributed by atoms with van der Waals surface area (Å²) >= 11 is 0. The number of hydrogen-bond acceptors (Lipinski definition) is 4. The Balaban J connectivity index is 1.99. The summed E-state index contributed by atoms with van der Waals surface area (Å²) in [5.41, 5.74) is 1.56. The molecule has 0 spiro atoms. The molecule has 3 rings (SSSR count). The largest absolute Gasteiger partial charge is 0.295 e. The van der Waals surface area contributed by atoms with Crippen LogP contribution >= 0.6 is 0 Å². The Kier molecular flexibility index (Phi) is 3.80.